The minimum Gasteiger partial charge on any atom is -0.357 e. The van der Waals surface area contributed by atoms with Gasteiger partial charge in [0.1, 0.15) is 9.84 Å². The molecule has 1 aliphatic heterocycles. The smallest absolute Gasteiger partial charge is 0.204 e. The number of aromatic nitrogens is 2. The second-order valence-corrected chi connectivity index (χ2v) is 7.46. The third-order valence-electron chi connectivity index (χ3n) is 2.32. The van der Waals surface area contributed by atoms with Crippen LogP contribution in [0.2, 0.25) is 0 Å². The number of sulfone groups is 1. The molecule has 5 nitrogen and oxygen atoms in total. The molecule has 1 aromatic rings. The van der Waals surface area contributed by atoms with Crippen LogP contribution in [0.4, 0.5) is 5.13 Å². The Morgan fingerprint density at radius 2 is 2.13 bits per heavy atom. The first kappa shape index (κ1) is 11.0. The lowest BCUT2D eigenvalue weighted by Crippen LogP contribution is -2.32. The van der Waals surface area contributed by atoms with E-state index in [0.717, 1.165) is 5.13 Å². The highest BCUT2D eigenvalue weighted by Crippen LogP contribution is 2.19. The van der Waals surface area contributed by atoms with Gasteiger partial charge in [-0.25, -0.2) is 8.42 Å². The topological polar surface area (TPSA) is 74.8 Å². The Bertz CT molecular complexity index is 476. The van der Waals surface area contributed by atoms with Crippen molar-refractivity contribution in [3.63, 3.8) is 0 Å². The van der Waals surface area contributed by atoms with Crippen molar-refractivity contribution in [2.45, 2.75) is 18.9 Å². The van der Waals surface area contributed by atoms with E-state index in [-0.39, 0.29) is 17.5 Å². The van der Waals surface area contributed by atoms with Crippen molar-refractivity contribution < 1.29 is 8.42 Å². The molecule has 1 saturated heterocycles. The first-order valence-corrected chi connectivity index (χ1v) is 7.62. The molecule has 1 aromatic heterocycles. The summed E-state index contributed by atoms with van der Waals surface area (Å²) in [4.78, 5) is 0. The molecule has 2 N–H and O–H groups in total. The Hall–Kier alpha value is -0.470. The van der Waals surface area contributed by atoms with Crippen molar-refractivity contribution in [1.29, 1.82) is 0 Å². The number of aromatic amines is 1. The number of hydrogen-bond acceptors (Lipinski definition) is 6. The molecule has 1 fully saturated rings. The molecule has 0 bridgehead atoms. The molecule has 2 rings (SSSR count). The lowest BCUT2D eigenvalue weighted by atomic mass is 10.2. The highest BCUT2D eigenvalue weighted by atomic mass is 32.2. The fourth-order valence-electron chi connectivity index (χ4n) is 1.50. The summed E-state index contributed by atoms with van der Waals surface area (Å²) in [6.45, 7) is 0. The fourth-order valence-corrected chi connectivity index (χ4v) is 3.86. The largest absolute Gasteiger partial charge is 0.357 e. The Morgan fingerprint density at radius 3 is 2.67 bits per heavy atom. The standard InChI is InChI=1S/C7H11N3O2S3/c11-15(12)3-1-5(2-4-15)8-6-9-10-7(13)14-6/h5H,1-4H2,(H,8,9)(H,10,13). The summed E-state index contributed by atoms with van der Waals surface area (Å²) in [7, 11) is -2.79. The van der Waals surface area contributed by atoms with Gasteiger partial charge in [0, 0.05) is 6.04 Å². The van der Waals surface area contributed by atoms with Gasteiger partial charge < -0.3 is 5.32 Å². The summed E-state index contributed by atoms with van der Waals surface area (Å²) >= 11 is 6.27. The third kappa shape index (κ3) is 2.99. The maximum absolute atomic E-state index is 11.2. The van der Waals surface area contributed by atoms with Gasteiger partial charge in [-0.05, 0) is 25.1 Å². The minimum absolute atomic E-state index is 0.197. The maximum atomic E-state index is 11.2. The first-order valence-electron chi connectivity index (χ1n) is 4.58. The molecule has 0 atom stereocenters. The average Bonchev–Trinajstić information content (AvgIpc) is 2.55. The van der Waals surface area contributed by atoms with Crippen LogP contribution in [0, 0.1) is 3.95 Å². The minimum atomic E-state index is -2.79. The highest BCUT2D eigenvalue weighted by molar-refractivity contribution is 7.91. The molecule has 0 aliphatic carbocycles. The maximum Gasteiger partial charge on any atom is 0.204 e. The van der Waals surface area contributed by atoms with E-state index in [1.54, 1.807) is 0 Å². The van der Waals surface area contributed by atoms with Gasteiger partial charge >= 0.3 is 0 Å². The van der Waals surface area contributed by atoms with E-state index in [1.807, 2.05) is 0 Å². The quantitative estimate of drug-likeness (QED) is 0.786. The van der Waals surface area contributed by atoms with E-state index >= 15 is 0 Å². The zero-order valence-electron chi connectivity index (χ0n) is 7.89. The first-order chi connectivity index (χ1) is 7.05. The Balaban J connectivity index is 1.95. The van der Waals surface area contributed by atoms with Gasteiger partial charge in [0.15, 0.2) is 3.95 Å². The normalized spacial score (nSPS) is 21.3. The van der Waals surface area contributed by atoms with E-state index < -0.39 is 9.84 Å². The average molecular weight is 265 g/mol. The molecular weight excluding hydrogens is 254 g/mol. The lowest BCUT2D eigenvalue weighted by molar-refractivity contribution is 0.559. The summed E-state index contributed by atoms with van der Waals surface area (Å²) in [5.74, 6) is 0.529. The predicted octanol–water partition coefficient (Wildman–Crippen LogP) is 1.19. The fraction of sp³-hybridized carbons (Fsp3) is 0.714. The second-order valence-electron chi connectivity index (χ2n) is 3.49. The van der Waals surface area contributed by atoms with Gasteiger partial charge in [0.05, 0.1) is 11.5 Å². The summed E-state index contributed by atoms with van der Waals surface area (Å²) in [5.41, 5.74) is 0. The van der Waals surface area contributed by atoms with Crippen LogP contribution in [0.15, 0.2) is 0 Å². The molecule has 8 heteroatoms. The van der Waals surface area contributed by atoms with E-state index in [4.69, 9.17) is 12.2 Å². The molecule has 0 spiro atoms. The van der Waals surface area contributed by atoms with Crippen LogP contribution in [-0.4, -0.2) is 36.2 Å². The molecule has 0 amide bonds. The molecule has 1 aliphatic rings. The molecule has 0 saturated carbocycles. The SMILES string of the molecule is O=S1(=O)CCC(Nc2n[nH]c(=S)s2)CC1. The van der Waals surface area contributed by atoms with Gasteiger partial charge in [0.25, 0.3) is 0 Å². The van der Waals surface area contributed by atoms with E-state index in [9.17, 15) is 8.42 Å². The summed E-state index contributed by atoms with van der Waals surface area (Å²) < 4.78 is 23.0. The Morgan fingerprint density at radius 1 is 1.47 bits per heavy atom. The van der Waals surface area contributed by atoms with Gasteiger partial charge in [-0.3, -0.25) is 5.10 Å². The Kier molecular flexibility index (Phi) is 3.08. The zero-order valence-corrected chi connectivity index (χ0v) is 10.3. The molecule has 0 radical (unpaired) electrons. The lowest BCUT2D eigenvalue weighted by Gasteiger charge is -2.22. The van der Waals surface area contributed by atoms with Crippen molar-refractivity contribution in [3.05, 3.63) is 3.95 Å². The number of H-pyrrole nitrogens is 1. The monoisotopic (exact) mass is 265 g/mol. The second kappa shape index (κ2) is 4.18. The molecule has 0 unspecified atom stereocenters. The van der Waals surface area contributed by atoms with Crippen LogP contribution in [0.25, 0.3) is 0 Å². The van der Waals surface area contributed by atoms with E-state index in [1.165, 1.54) is 11.3 Å². The predicted molar refractivity (Wildman–Crippen MR) is 62.6 cm³/mol. The zero-order chi connectivity index (χ0) is 10.9. The highest BCUT2D eigenvalue weighted by Gasteiger charge is 2.23. The molecular formula is C7H11N3O2S3. The van der Waals surface area contributed by atoms with Gasteiger partial charge in [-0.2, -0.15) is 0 Å². The van der Waals surface area contributed by atoms with Crippen LogP contribution in [0.1, 0.15) is 12.8 Å². The Labute approximate surface area is 96.8 Å². The number of nitrogens with zero attached hydrogens (tertiary/aromatic N) is 1. The van der Waals surface area contributed by atoms with Gasteiger partial charge in [-0.15, -0.1) is 5.10 Å². The molecule has 15 heavy (non-hydrogen) atoms. The van der Waals surface area contributed by atoms with Crippen LogP contribution < -0.4 is 5.32 Å². The number of hydrogen-bond donors (Lipinski definition) is 2. The van der Waals surface area contributed by atoms with Crippen LogP contribution in [-0.2, 0) is 9.84 Å². The number of nitrogens with one attached hydrogen (secondary N) is 2. The third-order valence-corrected chi connectivity index (χ3v) is 5.06. The molecule has 0 aromatic carbocycles. The molecule has 2 heterocycles. The van der Waals surface area contributed by atoms with E-state index in [2.05, 4.69) is 15.5 Å². The molecule has 84 valence electrons. The number of anilines is 1. The van der Waals surface area contributed by atoms with Crippen molar-refractivity contribution in [2.75, 3.05) is 16.8 Å². The van der Waals surface area contributed by atoms with Crippen molar-refractivity contribution >= 4 is 38.5 Å². The van der Waals surface area contributed by atoms with Crippen LogP contribution in [0.5, 0.6) is 0 Å². The van der Waals surface area contributed by atoms with E-state index in [0.29, 0.717) is 16.8 Å². The summed E-state index contributed by atoms with van der Waals surface area (Å²) in [5, 5.41) is 10.6. The van der Waals surface area contributed by atoms with Gasteiger partial charge in [0.2, 0.25) is 5.13 Å². The van der Waals surface area contributed by atoms with Crippen LogP contribution in [0.3, 0.4) is 0 Å². The van der Waals surface area contributed by atoms with Crippen LogP contribution >= 0.6 is 23.6 Å². The summed E-state index contributed by atoms with van der Waals surface area (Å²) in [6, 6.07) is 0.197. The summed E-state index contributed by atoms with van der Waals surface area (Å²) in [6.07, 6.45) is 1.29. The van der Waals surface area contributed by atoms with Crippen molar-refractivity contribution in [2.24, 2.45) is 0 Å². The van der Waals surface area contributed by atoms with Gasteiger partial charge in [-0.1, -0.05) is 11.3 Å². The number of rotatable bonds is 2. The van der Waals surface area contributed by atoms with Crippen molar-refractivity contribution in [3.8, 4) is 0 Å². The van der Waals surface area contributed by atoms with Crippen molar-refractivity contribution in [1.82, 2.24) is 10.2 Å².